The molecule has 1 N–H and O–H groups in total. The first-order valence-electron chi connectivity index (χ1n) is 23.5. The number of imidazole rings is 1. The number of amides is 1. The second-order valence-electron chi connectivity index (χ2n) is 19.2. The number of hydrogen-bond acceptors (Lipinski definition) is 12. The quantitative estimate of drug-likeness (QED) is 0.0440. The molecule has 1 aliphatic rings. The summed E-state index contributed by atoms with van der Waals surface area (Å²) in [7, 11) is -0.710. The van der Waals surface area contributed by atoms with Crippen LogP contribution in [0, 0.1) is 11.3 Å². The van der Waals surface area contributed by atoms with E-state index in [1.807, 2.05) is 89.5 Å². The van der Waals surface area contributed by atoms with Crippen molar-refractivity contribution in [2.45, 2.75) is 115 Å². The van der Waals surface area contributed by atoms with Crippen LogP contribution in [0.25, 0.3) is 11.2 Å². The Morgan fingerprint density at radius 2 is 1.39 bits per heavy atom. The number of carbonyl (C=O) groups excluding carboxylic acids is 1. The highest BCUT2D eigenvalue weighted by Crippen LogP contribution is 2.52. The molecule has 1 fully saturated rings. The average molecular weight is 972 g/mol. The Kier molecular flexibility index (Phi) is 16.4. The number of nitriles is 1. The minimum atomic E-state index is -2.62. The van der Waals surface area contributed by atoms with Gasteiger partial charge in [-0.1, -0.05) is 93.6 Å². The molecule has 16 heteroatoms. The Morgan fingerprint density at radius 3 is 1.93 bits per heavy atom. The highest BCUT2D eigenvalue weighted by molar-refractivity contribution is 7.50. The van der Waals surface area contributed by atoms with Gasteiger partial charge in [0.2, 0.25) is 0 Å². The molecule has 1 unspecified atom stereocenters. The lowest BCUT2D eigenvalue weighted by Gasteiger charge is -2.43. The molecule has 14 nitrogen and oxygen atoms in total. The van der Waals surface area contributed by atoms with Crippen molar-refractivity contribution in [2.75, 3.05) is 32.3 Å². The molecule has 1 saturated heterocycles. The van der Waals surface area contributed by atoms with Gasteiger partial charge in [0.05, 0.1) is 33.2 Å². The standard InChI is InChI=1S/C53H66N7O7PSi/c1-36(2)60(37(3)4)68(32-18-31-54)66-46-44(33-64-53(39-21-16-13-17-22-39,40-23-27-42(62-8)28-24-40)41-25-29-43(63-9)30-26-41)65-51(47(46)67-69(10,11)52(5,6)7)59-35-57-45-48(55-34-56-49(45)59)58-50(61)38-19-14-12-15-20-38/h12-17,19-30,34-37,44,46-47,51H,18,32-33H2,1-11H3,(H,55,56,58,61)/t44-,46-,47-,51-,68?/m1/s1. The van der Waals surface area contributed by atoms with E-state index in [1.54, 1.807) is 32.7 Å². The molecule has 0 aliphatic carbocycles. The number of carbonyl (C=O) groups is 1. The van der Waals surface area contributed by atoms with Gasteiger partial charge in [0.25, 0.3) is 5.91 Å². The summed E-state index contributed by atoms with van der Waals surface area (Å²) in [5.41, 5.74) is 2.76. The molecule has 6 aromatic rings. The van der Waals surface area contributed by atoms with Gasteiger partial charge in [-0.15, -0.1) is 0 Å². The summed E-state index contributed by atoms with van der Waals surface area (Å²) >= 11 is 0. The maximum absolute atomic E-state index is 13.5. The van der Waals surface area contributed by atoms with Crippen molar-refractivity contribution in [1.82, 2.24) is 24.2 Å². The number of ether oxygens (including phenoxy) is 4. The van der Waals surface area contributed by atoms with E-state index >= 15 is 0 Å². The second kappa shape index (κ2) is 22.0. The monoisotopic (exact) mass is 971 g/mol. The lowest BCUT2D eigenvalue weighted by Crippen LogP contribution is -2.50. The first-order chi connectivity index (χ1) is 33.0. The number of nitrogens with zero attached hydrogens (tertiary/aromatic N) is 6. The Balaban J connectivity index is 1.41. The van der Waals surface area contributed by atoms with Crippen LogP contribution in [0.15, 0.2) is 122 Å². The molecule has 0 spiro atoms. The third kappa shape index (κ3) is 11.1. The van der Waals surface area contributed by atoms with Crippen LogP contribution in [0.1, 0.15) is 88.2 Å². The molecule has 0 bridgehead atoms. The largest absolute Gasteiger partial charge is 0.497 e. The smallest absolute Gasteiger partial charge is 0.256 e. The number of rotatable bonds is 20. The molecule has 69 heavy (non-hydrogen) atoms. The van der Waals surface area contributed by atoms with Gasteiger partial charge < -0.3 is 33.2 Å². The van der Waals surface area contributed by atoms with Crippen LogP contribution in [0.5, 0.6) is 11.5 Å². The summed E-state index contributed by atoms with van der Waals surface area (Å²) in [4.78, 5) is 27.5. The van der Waals surface area contributed by atoms with Crippen molar-refractivity contribution in [3.05, 3.63) is 144 Å². The third-order valence-corrected chi connectivity index (χ3v) is 20.0. The summed E-state index contributed by atoms with van der Waals surface area (Å²) < 4.78 is 45.6. The number of anilines is 1. The molecule has 5 atom stereocenters. The fourth-order valence-electron chi connectivity index (χ4n) is 8.64. The van der Waals surface area contributed by atoms with E-state index < -0.39 is 46.8 Å². The van der Waals surface area contributed by atoms with Crippen LogP contribution in [0.4, 0.5) is 5.82 Å². The van der Waals surface area contributed by atoms with Gasteiger partial charge in [-0.3, -0.25) is 14.0 Å². The van der Waals surface area contributed by atoms with Crippen molar-refractivity contribution in [1.29, 1.82) is 5.26 Å². The van der Waals surface area contributed by atoms with Gasteiger partial charge in [-0.05, 0) is 98.9 Å². The minimum absolute atomic E-state index is 0.0380. The zero-order valence-electron chi connectivity index (χ0n) is 41.6. The topological polar surface area (TPSA) is 155 Å². The predicted octanol–water partition coefficient (Wildman–Crippen LogP) is 11.1. The van der Waals surface area contributed by atoms with Crippen LogP contribution >= 0.6 is 8.30 Å². The number of methoxy groups -OCH3 is 2. The van der Waals surface area contributed by atoms with Crippen molar-refractivity contribution in [2.24, 2.45) is 0 Å². The molecule has 1 amide bonds. The van der Waals surface area contributed by atoms with E-state index in [0.29, 0.717) is 40.8 Å². The molecule has 1 aliphatic heterocycles. The maximum Gasteiger partial charge on any atom is 0.256 e. The van der Waals surface area contributed by atoms with Crippen molar-refractivity contribution >= 4 is 39.5 Å². The molecule has 3 heterocycles. The zero-order valence-corrected chi connectivity index (χ0v) is 43.5. The van der Waals surface area contributed by atoms with Crippen LogP contribution in [0.3, 0.4) is 0 Å². The third-order valence-electron chi connectivity index (χ3n) is 13.0. The van der Waals surface area contributed by atoms with E-state index in [9.17, 15) is 10.1 Å². The van der Waals surface area contributed by atoms with E-state index in [4.69, 9.17) is 37.9 Å². The van der Waals surface area contributed by atoms with E-state index in [0.717, 1.165) is 16.7 Å². The molecule has 0 radical (unpaired) electrons. The molecule has 364 valence electrons. The minimum Gasteiger partial charge on any atom is -0.497 e. The van der Waals surface area contributed by atoms with Crippen LogP contribution in [-0.2, 0) is 24.0 Å². The zero-order chi connectivity index (χ0) is 49.5. The number of benzene rings is 4. The molecule has 7 rings (SSSR count). The van der Waals surface area contributed by atoms with Gasteiger partial charge in [0.15, 0.2) is 31.5 Å². The van der Waals surface area contributed by atoms with Crippen LogP contribution in [-0.4, -0.2) is 95.8 Å². The van der Waals surface area contributed by atoms with Gasteiger partial charge in [-0.2, -0.15) is 5.26 Å². The molecule has 4 aromatic carbocycles. The molecular formula is C53H66N7O7PSi. The lowest BCUT2D eigenvalue weighted by molar-refractivity contribution is -0.0918. The van der Waals surface area contributed by atoms with Crippen LogP contribution < -0.4 is 14.8 Å². The number of hydrogen-bond donors (Lipinski definition) is 1. The van der Waals surface area contributed by atoms with E-state index in [-0.39, 0.29) is 35.5 Å². The van der Waals surface area contributed by atoms with E-state index in [1.165, 1.54) is 6.33 Å². The number of fused-ring (bicyclic) bond motifs is 1. The predicted molar refractivity (Wildman–Crippen MR) is 273 cm³/mol. The second-order valence-corrected chi connectivity index (χ2v) is 25.8. The molecule has 2 aromatic heterocycles. The van der Waals surface area contributed by atoms with Gasteiger partial charge in [0.1, 0.15) is 50.0 Å². The Hall–Kier alpha value is -5.56. The van der Waals surface area contributed by atoms with Gasteiger partial charge in [0, 0.05) is 30.2 Å². The van der Waals surface area contributed by atoms with Gasteiger partial charge in [-0.25, -0.2) is 15.0 Å². The Labute approximate surface area is 409 Å². The summed E-state index contributed by atoms with van der Waals surface area (Å²) in [6.07, 6.45) is 0.899. The Morgan fingerprint density at radius 1 is 0.826 bits per heavy atom. The van der Waals surface area contributed by atoms with Crippen molar-refractivity contribution < 1.29 is 32.7 Å². The fourth-order valence-corrected chi connectivity index (χ4v) is 12.2. The number of nitrogens with one attached hydrogen (secondary N) is 1. The summed E-state index contributed by atoms with van der Waals surface area (Å²) in [6, 6.07) is 37.6. The average Bonchev–Trinajstić information content (AvgIpc) is 3.92. The summed E-state index contributed by atoms with van der Waals surface area (Å²) in [5.74, 6) is 1.35. The SMILES string of the molecule is COc1ccc(C(OC[C@H]2O[C@@H](n3cnc4c(NC(=O)c5ccccc5)ncnc43)[C@H](O[Si](C)(C)C(C)(C)C)[C@@H]2OP(CCC#N)N(C(C)C)C(C)C)(c2ccccc2)c2ccc(OC)cc2)cc1. The first kappa shape index (κ1) is 51.3. The summed E-state index contributed by atoms with van der Waals surface area (Å²) in [6.45, 7) is 19.7. The van der Waals surface area contributed by atoms with Crippen LogP contribution in [0.2, 0.25) is 18.1 Å². The Bertz CT molecular complexity index is 2600. The number of aromatic nitrogens is 4. The highest BCUT2D eigenvalue weighted by Gasteiger charge is 2.54. The van der Waals surface area contributed by atoms with E-state index in [2.05, 4.69) is 94.7 Å². The van der Waals surface area contributed by atoms with Crippen molar-refractivity contribution in [3.8, 4) is 17.6 Å². The maximum atomic E-state index is 13.5. The lowest BCUT2D eigenvalue weighted by atomic mass is 9.80. The summed E-state index contributed by atoms with van der Waals surface area (Å²) in [5, 5.41) is 12.8. The van der Waals surface area contributed by atoms with Crippen molar-refractivity contribution in [3.63, 3.8) is 0 Å². The molecular weight excluding hydrogens is 906 g/mol. The molecule has 0 saturated carbocycles. The normalized spacial score (nSPS) is 18.2. The fraction of sp³-hybridized carbons (Fsp3) is 0.415. The first-order valence-corrected chi connectivity index (χ1v) is 27.8. The van der Waals surface area contributed by atoms with Gasteiger partial charge >= 0.3 is 0 Å². The highest BCUT2D eigenvalue weighted by atomic mass is 31.2.